The lowest BCUT2D eigenvalue weighted by Gasteiger charge is -2.24. The molecule has 50 heavy (non-hydrogen) atoms. The summed E-state index contributed by atoms with van der Waals surface area (Å²) in [5.41, 5.74) is 5.25. The maximum absolute atomic E-state index is 13.8. The number of rotatable bonds is 5. The zero-order valence-corrected chi connectivity index (χ0v) is 28.0. The molecule has 0 spiro atoms. The van der Waals surface area contributed by atoms with Crippen LogP contribution in [0.25, 0.3) is 70.8 Å². The van der Waals surface area contributed by atoms with Gasteiger partial charge in [0, 0.05) is 5.39 Å². The van der Waals surface area contributed by atoms with Gasteiger partial charge >= 0.3 is 7.95 Å². The number of anilines is 3. The van der Waals surface area contributed by atoms with Crippen LogP contribution < -0.4 is 4.90 Å². The van der Waals surface area contributed by atoms with Crippen molar-refractivity contribution in [1.29, 1.82) is 0 Å². The summed E-state index contributed by atoms with van der Waals surface area (Å²) in [6.07, 6.45) is 0. The van der Waals surface area contributed by atoms with Crippen molar-refractivity contribution in [1.82, 2.24) is 18.9 Å². The maximum Gasteiger partial charge on any atom is 0.466 e. The Hall–Kier alpha value is -6.36. The van der Waals surface area contributed by atoms with Crippen LogP contribution in [0.1, 0.15) is 0 Å². The molecule has 0 saturated heterocycles. The predicted molar refractivity (Wildman–Crippen MR) is 208 cm³/mol. The van der Waals surface area contributed by atoms with Gasteiger partial charge in [0.1, 0.15) is 5.52 Å². The monoisotopic (exact) mass is 662 g/mol. The Balaban J connectivity index is 1.36. The standard InChI is InChI=1S/C43H29N5OP/c1-50(49)48-41-23-11-9-21-38(41)45-43(48)46(29-25-26-35-33-18-5-4-16-31(33)32-17-6-7-19-34(32)36(35)27-29)42-44-37-20-8-10-22-40(37)47(42)39-24-12-14-28-13-2-3-15-30(28)39/h2-27H,1H3/q+1. The van der Waals surface area contributed by atoms with Gasteiger partial charge in [-0.1, -0.05) is 120 Å². The molecule has 0 amide bonds. The molecule has 8 aromatic carbocycles. The zero-order valence-electron chi connectivity index (χ0n) is 27.1. The highest BCUT2D eigenvalue weighted by Crippen LogP contribution is 2.45. The van der Waals surface area contributed by atoms with Gasteiger partial charge < -0.3 is 0 Å². The first kappa shape index (κ1) is 28.6. The summed E-state index contributed by atoms with van der Waals surface area (Å²) >= 11 is 0. The van der Waals surface area contributed by atoms with Crippen molar-refractivity contribution in [2.45, 2.75) is 0 Å². The van der Waals surface area contributed by atoms with E-state index in [9.17, 15) is 4.57 Å². The molecule has 0 fully saturated rings. The number of aromatic nitrogens is 4. The van der Waals surface area contributed by atoms with Gasteiger partial charge in [-0.15, -0.1) is 0 Å². The number of benzene rings is 8. The minimum absolute atomic E-state index is 0.538. The summed E-state index contributed by atoms with van der Waals surface area (Å²) < 4.78 is 17.8. The highest BCUT2D eigenvalue weighted by molar-refractivity contribution is 7.42. The number of fused-ring (bicyclic) bond motifs is 9. The largest absolute Gasteiger partial charge is 0.466 e. The molecule has 10 rings (SSSR count). The Bertz CT molecular complexity index is 2960. The molecule has 0 aliphatic rings. The van der Waals surface area contributed by atoms with Crippen molar-refractivity contribution in [2.75, 3.05) is 11.6 Å². The van der Waals surface area contributed by atoms with Crippen LogP contribution in [-0.2, 0) is 4.57 Å². The molecule has 0 N–H and O–H groups in total. The maximum atomic E-state index is 13.8. The van der Waals surface area contributed by atoms with Crippen LogP contribution in [0.15, 0.2) is 158 Å². The van der Waals surface area contributed by atoms with Crippen LogP contribution in [0.4, 0.5) is 17.6 Å². The zero-order chi connectivity index (χ0) is 33.3. The lowest BCUT2D eigenvalue weighted by atomic mass is 9.94. The smallest absolute Gasteiger partial charge is 0.277 e. The number of para-hydroxylation sites is 4. The van der Waals surface area contributed by atoms with Crippen molar-refractivity contribution in [3.63, 3.8) is 0 Å². The Kier molecular flexibility index (Phi) is 6.35. The quantitative estimate of drug-likeness (QED) is 0.136. The van der Waals surface area contributed by atoms with Crippen LogP contribution in [-0.4, -0.2) is 25.5 Å². The summed E-state index contributed by atoms with van der Waals surface area (Å²) in [7, 11) is -1.87. The molecule has 0 aliphatic carbocycles. The summed E-state index contributed by atoms with van der Waals surface area (Å²) in [6.45, 7) is 1.73. The number of hydrogen-bond donors (Lipinski definition) is 0. The summed E-state index contributed by atoms with van der Waals surface area (Å²) in [5.74, 6) is 1.19. The van der Waals surface area contributed by atoms with Crippen LogP contribution in [0, 0.1) is 0 Å². The average Bonchev–Trinajstić information content (AvgIpc) is 3.74. The molecule has 0 saturated carbocycles. The summed E-state index contributed by atoms with van der Waals surface area (Å²) in [6, 6.07) is 54.7. The van der Waals surface area contributed by atoms with E-state index in [1.54, 1.807) is 6.66 Å². The van der Waals surface area contributed by atoms with E-state index in [1.807, 2.05) is 46.8 Å². The molecule has 0 bridgehead atoms. The van der Waals surface area contributed by atoms with E-state index in [0.29, 0.717) is 11.9 Å². The second-order valence-electron chi connectivity index (χ2n) is 12.6. The Morgan fingerprint density at radius 2 is 1.02 bits per heavy atom. The molecule has 1 atom stereocenters. The summed E-state index contributed by atoms with van der Waals surface area (Å²) in [5, 5.41) is 9.32. The van der Waals surface area contributed by atoms with Crippen molar-refractivity contribution >= 4 is 90.7 Å². The van der Waals surface area contributed by atoms with E-state index in [4.69, 9.17) is 9.97 Å². The van der Waals surface area contributed by atoms with Crippen LogP contribution in [0.5, 0.6) is 0 Å². The second-order valence-corrected chi connectivity index (χ2v) is 13.9. The fourth-order valence-electron chi connectivity index (χ4n) is 7.58. The Morgan fingerprint density at radius 1 is 0.500 bits per heavy atom. The number of nitrogens with zero attached hydrogens (tertiary/aromatic N) is 5. The van der Waals surface area contributed by atoms with Crippen LogP contribution in [0.3, 0.4) is 0 Å². The first-order chi connectivity index (χ1) is 24.7. The van der Waals surface area contributed by atoms with Gasteiger partial charge in [-0.2, -0.15) is 0 Å². The minimum atomic E-state index is -1.87. The van der Waals surface area contributed by atoms with E-state index in [-0.39, 0.29) is 0 Å². The average molecular weight is 663 g/mol. The third-order valence-corrected chi connectivity index (χ3v) is 10.7. The van der Waals surface area contributed by atoms with E-state index < -0.39 is 7.95 Å². The van der Waals surface area contributed by atoms with Gasteiger partial charge in [-0.25, -0.2) is 14.9 Å². The predicted octanol–water partition coefficient (Wildman–Crippen LogP) is 11.7. The molecule has 7 heteroatoms. The van der Waals surface area contributed by atoms with E-state index in [1.165, 1.54) is 26.9 Å². The molecule has 236 valence electrons. The minimum Gasteiger partial charge on any atom is -0.277 e. The lowest BCUT2D eigenvalue weighted by molar-refractivity contribution is 0.587. The van der Waals surface area contributed by atoms with Crippen molar-refractivity contribution in [3.05, 3.63) is 158 Å². The van der Waals surface area contributed by atoms with Gasteiger partial charge in [0.15, 0.2) is 6.66 Å². The molecule has 10 aromatic rings. The molecule has 0 aliphatic heterocycles. The molecule has 2 aromatic heterocycles. The van der Waals surface area contributed by atoms with Gasteiger partial charge in [0.2, 0.25) is 5.95 Å². The van der Waals surface area contributed by atoms with Crippen molar-refractivity contribution in [3.8, 4) is 5.69 Å². The first-order valence-electron chi connectivity index (χ1n) is 16.6. The lowest BCUT2D eigenvalue weighted by Crippen LogP contribution is -2.18. The van der Waals surface area contributed by atoms with Gasteiger partial charge in [-0.3, -0.25) is 4.57 Å². The fraction of sp³-hybridized carbons (Fsp3) is 0.0233. The van der Waals surface area contributed by atoms with Crippen molar-refractivity contribution < 1.29 is 4.57 Å². The third-order valence-electron chi connectivity index (χ3n) is 9.74. The van der Waals surface area contributed by atoms with Crippen LogP contribution >= 0.6 is 7.95 Å². The Labute approximate surface area is 288 Å². The SMILES string of the molecule is C[P+](=O)n1c(N(c2ccc3c4ccccc4c4ccccc4c3c2)c2nc3ccccc3n2-c2cccc3ccccc23)nc2ccccc21. The third kappa shape index (κ3) is 4.22. The topological polar surface area (TPSA) is 56.0 Å². The van der Waals surface area contributed by atoms with E-state index in [2.05, 4.69) is 125 Å². The first-order valence-corrected chi connectivity index (χ1v) is 18.3. The fourth-order valence-corrected chi connectivity index (χ4v) is 8.44. The highest BCUT2D eigenvalue weighted by atomic mass is 31.1. The molecular weight excluding hydrogens is 633 g/mol. The van der Waals surface area contributed by atoms with Gasteiger partial charge in [-0.05, 0) is 84.7 Å². The van der Waals surface area contributed by atoms with E-state index >= 15 is 0 Å². The van der Waals surface area contributed by atoms with Crippen LogP contribution in [0.2, 0.25) is 0 Å². The molecule has 1 unspecified atom stereocenters. The van der Waals surface area contributed by atoms with Gasteiger partial charge in [0.25, 0.3) is 5.95 Å². The van der Waals surface area contributed by atoms with Crippen molar-refractivity contribution in [2.24, 2.45) is 0 Å². The number of imidazole rings is 2. The normalized spacial score (nSPS) is 12.1. The second kappa shape index (κ2) is 11.1. The van der Waals surface area contributed by atoms with Gasteiger partial charge in [0.05, 0.1) is 27.9 Å². The Morgan fingerprint density at radius 3 is 1.72 bits per heavy atom. The van der Waals surface area contributed by atoms with E-state index in [0.717, 1.165) is 49.6 Å². The summed E-state index contributed by atoms with van der Waals surface area (Å²) in [4.78, 5) is 12.6. The molecular formula is C43H29N5OP+. The highest BCUT2D eigenvalue weighted by Gasteiger charge is 2.32. The number of hydrogen-bond acceptors (Lipinski definition) is 4. The molecule has 6 nitrogen and oxygen atoms in total. The molecule has 0 radical (unpaired) electrons. The molecule has 2 heterocycles.